The minimum absolute atomic E-state index is 0.587. The Hall–Kier alpha value is -2.00. The fourth-order valence-corrected chi connectivity index (χ4v) is 2.13. The fourth-order valence-electron chi connectivity index (χ4n) is 2.13. The number of aliphatic hydroxyl groups excluding tert-OH is 1. The Morgan fingerprint density at radius 3 is 2.30 bits per heavy atom. The Kier molecular flexibility index (Phi) is 4.64. The Bertz CT molecular complexity index is 549. The van der Waals surface area contributed by atoms with Gasteiger partial charge in [-0.05, 0) is 30.7 Å². The second-order valence-electron chi connectivity index (χ2n) is 4.86. The minimum Gasteiger partial charge on any atom is -0.493 e. The molecule has 0 bridgehead atoms. The number of ether oxygens (including phenoxy) is 1. The molecule has 0 saturated carbocycles. The molecule has 2 aromatic rings. The van der Waals surface area contributed by atoms with E-state index in [1.807, 2.05) is 74.4 Å². The highest BCUT2D eigenvalue weighted by molar-refractivity contribution is 5.48. The van der Waals surface area contributed by atoms with Crippen LogP contribution in [0.1, 0.15) is 24.2 Å². The topological polar surface area (TPSA) is 32.7 Å². The summed E-state index contributed by atoms with van der Waals surface area (Å²) in [6.45, 7) is 2.53. The van der Waals surface area contributed by atoms with Crippen molar-refractivity contribution in [3.8, 4) is 5.75 Å². The average molecular weight is 271 g/mol. The molecule has 0 radical (unpaired) electrons. The predicted molar refractivity (Wildman–Crippen MR) is 82.4 cm³/mol. The molecule has 2 rings (SSSR count). The molecule has 0 aliphatic rings. The maximum Gasteiger partial charge on any atom is 0.125 e. The molecule has 0 aliphatic carbocycles. The molecule has 0 saturated heterocycles. The summed E-state index contributed by atoms with van der Waals surface area (Å²) >= 11 is 0. The summed E-state index contributed by atoms with van der Waals surface area (Å²) < 4.78 is 5.57. The van der Waals surface area contributed by atoms with Crippen LogP contribution in [0.5, 0.6) is 5.75 Å². The molecule has 0 fully saturated rings. The van der Waals surface area contributed by atoms with Gasteiger partial charge in [0.25, 0.3) is 0 Å². The van der Waals surface area contributed by atoms with E-state index in [1.165, 1.54) is 0 Å². The summed E-state index contributed by atoms with van der Waals surface area (Å²) in [6, 6.07) is 15.5. The Balaban J connectivity index is 2.28. The lowest BCUT2D eigenvalue weighted by molar-refractivity contribution is 0.212. The van der Waals surface area contributed by atoms with Gasteiger partial charge in [-0.15, -0.1) is 0 Å². The third-order valence-corrected chi connectivity index (χ3v) is 3.24. The summed E-state index contributed by atoms with van der Waals surface area (Å²) in [5.74, 6) is 0.735. The first-order chi connectivity index (χ1) is 9.63. The zero-order chi connectivity index (χ0) is 14.5. The summed E-state index contributed by atoms with van der Waals surface area (Å²) in [5.41, 5.74) is 2.77. The number of nitrogens with zero attached hydrogens (tertiary/aromatic N) is 1. The van der Waals surface area contributed by atoms with Crippen molar-refractivity contribution in [3.05, 3.63) is 59.7 Å². The number of hydrogen-bond acceptors (Lipinski definition) is 3. The molecule has 106 valence electrons. The molecular formula is C17H21NO2. The van der Waals surface area contributed by atoms with Crippen LogP contribution in [0.3, 0.4) is 0 Å². The van der Waals surface area contributed by atoms with Gasteiger partial charge in [0.1, 0.15) is 11.9 Å². The van der Waals surface area contributed by atoms with Gasteiger partial charge < -0.3 is 14.7 Å². The molecule has 0 aromatic heterocycles. The van der Waals surface area contributed by atoms with Gasteiger partial charge in [0, 0.05) is 25.3 Å². The number of para-hydroxylation sites is 1. The van der Waals surface area contributed by atoms with E-state index in [9.17, 15) is 5.11 Å². The second-order valence-corrected chi connectivity index (χ2v) is 4.86. The van der Waals surface area contributed by atoms with E-state index >= 15 is 0 Å². The van der Waals surface area contributed by atoms with E-state index in [4.69, 9.17) is 4.74 Å². The minimum atomic E-state index is -0.672. The van der Waals surface area contributed by atoms with E-state index in [-0.39, 0.29) is 0 Å². The van der Waals surface area contributed by atoms with Gasteiger partial charge >= 0.3 is 0 Å². The molecule has 0 heterocycles. The molecule has 1 atom stereocenters. The highest BCUT2D eigenvalue weighted by Gasteiger charge is 2.15. The van der Waals surface area contributed by atoms with Crippen LogP contribution < -0.4 is 9.64 Å². The van der Waals surface area contributed by atoms with Gasteiger partial charge in [0.15, 0.2) is 0 Å². The Morgan fingerprint density at radius 2 is 1.70 bits per heavy atom. The number of hydrogen-bond donors (Lipinski definition) is 1. The molecule has 3 heteroatoms. The van der Waals surface area contributed by atoms with Crippen LogP contribution in [0.25, 0.3) is 0 Å². The van der Waals surface area contributed by atoms with Crippen LogP contribution in [0.15, 0.2) is 48.5 Å². The molecule has 1 unspecified atom stereocenters. The molecule has 0 aliphatic heterocycles. The van der Waals surface area contributed by atoms with E-state index in [0.717, 1.165) is 22.6 Å². The van der Waals surface area contributed by atoms with Crippen LogP contribution >= 0.6 is 0 Å². The Labute approximate surface area is 120 Å². The zero-order valence-electron chi connectivity index (χ0n) is 12.2. The lowest BCUT2D eigenvalue weighted by atomic mass is 10.0. The SMILES string of the molecule is CCOc1ccccc1C(O)c1ccc(N(C)C)cc1. The number of benzene rings is 2. The highest BCUT2D eigenvalue weighted by Crippen LogP contribution is 2.30. The first-order valence-electron chi connectivity index (χ1n) is 6.80. The standard InChI is InChI=1S/C17H21NO2/c1-4-20-16-8-6-5-7-15(16)17(19)13-9-11-14(12-10-13)18(2)3/h5-12,17,19H,4H2,1-3H3. The zero-order valence-corrected chi connectivity index (χ0v) is 12.2. The largest absolute Gasteiger partial charge is 0.493 e. The number of anilines is 1. The van der Waals surface area contributed by atoms with Crippen molar-refractivity contribution in [2.45, 2.75) is 13.0 Å². The van der Waals surface area contributed by atoms with Gasteiger partial charge in [0.05, 0.1) is 6.61 Å². The fraction of sp³-hybridized carbons (Fsp3) is 0.294. The van der Waals surface area contributed by atoms with Crippen molar-refractivity contribution in [3.63, 3.8) is 0 Å². The van der Waals surface area contributed by atoms with Gasteiger partial charge in [0.2, 0.25) is 0 Å². The van der Waals surface area contributed by atoms with Crippen molar-refractivity contribution >= 4 is 5.69 Å². The van der Waals surface area contributed by atoms with Crippen molar-refractivity contribution in [1.82, 2.24) is 0 Å². The average Bonchev–Trinajstić information content (AvgIpc) is 2.47. The maximum atomic E-state index is 10.5. The first-order valence-corrected chi connectivity index (χ1v) is 6.80. The Morgan fingerprint density at radius 1 is 1.05 bits per heavy atom. The molecule has 0 amide bonds. The van der Waals surface area contributed by atoms with Crippen LogP contribution in [0.4, 0.5) is 5.69 Å². The lowest BCUT2D eigenvalue weighted by Gasteiger charge is -2.17. The summed E-state index contributed by atoms with van der Waals surface area (Å²) in [7, 11) is 3.99. The van der Waals surface area contributed by atoms with Gasteiger partial charge in [-0.3, -0.25) is 0 Å². The van der Waals surface area contributed by atoms with E-state index in [1.54, 1.807) is 0 Å². The third kappa shape index (κ3) is 3.11. The maximum absolute atomic E-state index is 10.5. The first kappa shape index (κ1) is 14.4. The summed E-state index contributed by atoms with van der Waals surface area (Å²) in [5, 5.41) is 10.5. The lowest BCUT2D eigenvalue weighted by Crippen LogP contribution is -2.09. The van der Waals surface area contributed by atoms with Gasteiger partial charge in [-0.1, -0.05) is 30.3 Å². The van der Waals surface area contributed by atoms with Crippen LogP contribution in [0, 0.1) is 0 Å². The molecule has 20 heavy (non-hydrogen) atoms. The van der Waals surface area contributed by atoms with Gasteiger partial charge in [-0.2, -0.15) is 0 Å². The van der Waals surface area contributed by atoms with E-state index in [0.29, 0.717) is 6.61 Å². The van der Waals surface area contributed by atoms with E-state index in [2.05, 4.69) is 0 Å². The molecular weight excluding hydrogens is 250 g/mol. The van der Waals surface area contributed by atoms with Crippen molar-refractivity contribution < 1.29 is 9.84 Å². The van der Waals surface area contributed by atoms with Crippen molar-refractivity contribution in [2.24, 2.45) is 0 Å². The number of rotatable bonds is 5. The van der Waals surface area contributed by atoms with Crippen LogP contribution in [-0.4, -0.2) is 25.8 Å². The van der Waals surface area contributed by atoms with Crippen LogP contribution in [0.2, 0.25) is 0 Å². The van der Waals surface area contributed by atoms with E-state index < -0.39 is 6.10 Å². The summed E-state index contributed by atoms with van der Waals surface area (Å²) in [4.78, 5) is 2.03. The van der Waals surface area contributed by atoms with Crippen molar-refractivity contribution in [2.75, 3.05) is 25.6 Å². The highest BCUT2D eigenvalue weighted by atomic mass is 16.5. The number of aliphatic hydroxyl groups is 1. The molecule has 2 aromatic carbocycles. The van der Waals surface area contributed by atoms with Gasteiger partial charge in [-0.25, -0.2) is 0 Å². The molecule has 1 N–H and O–H groups in total. The van der Waals surface area contributed by atoms with Crippen molar-refractivity contribution in [1.29, 1.82) is 0 Å². The molecule has 3 nitrogen and oxygen atoms in total. The van der Waals surface area contributed by atoms with Crippen LogP contribution in [-0.2, 0) is 0 Å². The smallest absolute Gasteiger partial charge is 0.125 e. The third-order valence-electron chi connectivity index (χ3n) is 3.24. The monoisotopic (exact) mass is 271 g/mol. The molecule has 0 spiro atoms. The summed E-state index contributed by atoms with van der Waals surface area (Å²) in [6.07, 6.45) is -0.672. The second kappa shape index (κ2) is 6.44. The predicted octanol–water partition coefficient (Wildman–Crippen LogP) is 3.23. The normalized spacial score (nSPS) is 12.0. The quantitative estimate of drug-likeness (QED) is 0.906.